The Kier molecular flexibility index (Phi) is 13.4. The van der Waals surface area contributed by atoms with Crippen LogP contribution in [0.4, 0.5) is 0 Å². The molecule has 0 N–H and O–H groups in total. The Morgan fingerprint density at radius 1 is 0.481 bits per heavy atom. The normalized spacial score (nSPS) is 14.0. The minimum Gasteiger partial charge on any atom is -0.399 e. The van der Waals surface area contributed by atoms with Crippen molar-refractivity contribution in [3.8, 4) is 0 Å². The van der Waals surface area contributed by atoms with E-state index in [-0.39, 0.29) is 6.10 Å². The van der Waals surface area contributed by atoms with Crippen molar-refractivity contribution in [2.75, 3.05) is 0 Å². The van der Waals surface area contributed by atoms with Gasteiger partial charge in [-0.1, -0.05) is 0 Å². The molecule has 0 aromatic rings. The second-order valence-electron chi connectivity index (χ2n) is 8.10. The molecule has 164 valence electrons. The SMILES string of the molecule is CC(C)O[Si](O[SiH](C)C)(O[SiH](C)C)O[Si](O[SiH](C)C)(O[SiH](C)C)O[SiH](C)C. The average Bonchev–Trinajstić information content (AvgIpc) is 2.30. The lowest BCUT2D eigenvalue weighted by Crippen LogP contribution is -2.66. The summed E-state index contributed by atoms with van der Waals surface area (Å²) in [6.07, 6.45) is -0.0900. The first-order valence-electron chi connectivity index (χ1n) is 9.98. The Bertz CT molecular complexity index is 321. The van der Waals surface area contributed by atoms with Crippen molar-refractivity contribution in [2.45, 2.75) is 85.4 Å². The van der Waals surface area contributed by atoms with Crippen molar-refractivity contribution in [1.29, 1.82) is 0 Å². The summed E-state index contributed by atoms with van der Waals surface area (Å²) in [6.45, 7) is 24.9. The van der Waals surface area contributed by atoms with Crippen molar-refractivity contribution in [1.82, 2.24) is 0 Å². The fourth-order valence-electron chi connectivity index (χ4n) is 2.20. The second kappa shape index (κ2) is 12.8. The van der Waals surface area contributed by atoms with E-state index in [0.717, 1.165) is 0 Å². The van der Waals surface area contributed by atoms with Gasteiger partial charge in [-0.3, -0.25) is 0 Å². The number of rotatable bonds is 14. The van der Waals surface area contributed by atoms with Crippen molar-refractivity contribution < 1.29 is 29.1 Å². The van der Waals surface area contributed by atoms with Gasteiger partial charge in [0.2, 0.25) is 0 Å². The van der Waals surface area contributed by atoms with Crippen LogP contribution >= 0.6 is 0 Å². The molecular formula is C13H42O7Si7. The Balaban J connectivity index is 6.14. The molecule has 0 fully saturated rings. The van der Waals surface area contributed by atoms with E-state index >= 15 is 0 Å². The minimum atomic E-state index is -3.44. The Morgan fingerprint density at radius 3 is 0.963 bits per heavy atom. The maximum Gasteiger partial charge on any atom is 0.652 e. The number of hydrogen-bond donors (Lipinski definition) is 0. The van der Waals surface area contributed by atoms with Gasteiger partial charge in [0.15, 0.2) is 45.2 Å². The molecule has 14 heteroatoms. The zero-order chi connectivity index (χ0) is 21.4. The molecule has 0 aliphatic carbocycles. The van der Waals surface area contributed by atoms with Gasteiger partial charge < -0.3 is 29.1 Å². The van der Waals surface area contributed by atoms with Crippen molar-refractivity contribution in [2.24, 2.45) is 0 Å². The maximum absolute atomic E-state index is 6.61. The fourth-order valence-corrected chi connectivity index (χ4v) is 22.2. The van der Waals surface area contributed by atoms with Gasteiger partial charge in [-0.15, -0.1) is 0 Å². The summed E-state index contributed by atoms with van der Waals surface area (Å²) < 4.78 is 44.6. The van der Waals surface area contributed by atoms with E-state index in [9.17, 15) is 0 Å². The molecule has 7 nitrogen and oxygen atoms in total. The molecule has 0 unspecified atom stereocenters. The highest BCUT2D eigenvalue weighted by Crippen LogP contribution is 2.26. The molecule has 0 radical (unpaired) electrons. The Hall–Kier alpha value is 1.24. The van der Waals surface area contributed by atoms with Gasteiger partial charge in [0.25, 0.3) is 0 Å². The molecular weight excluding hydrogens is 465 g/mol. The largest absolute Gasteiger partial charge is 0.652 e. The topological polar surface area (TPSA) is 64.6 Å². The molecule has 0 heterocycles. The van der Waals surface area contributed by atoms with Gasteiger partial charge >= 0.3 is 18.1 Å². The van der Waals surface area contributed by atoms with Crippen LogP contribution in [0.1, 0.15) is 13.8 Å². The van der Waals surface area contributed by atoms with Crippen LogP contribution in [0.25, 0.3) is 0 Å². The summed E-state index contributed by atoms with van der Waals surface area (Å²) in [5.41, 5.74) is 0. The predicted molar refractivity (Wildman–Crippen MR) is 129 cm³/mol. The summed E-state index contributed by atoms with van der Waals surface area (Å²) in [6, 6.07) is 0. The van der Waals surface area contributed by atoms with Crippen LogP contribution in [0.2, 0.25) is 65.5 Å². The van der Waals surface area contributed by atoms with E-state index in [1.807, 2.05) is 13.8 Å². The third-order valence-electron chi connectivity index (χ3n) is 2.53. The molecule has 0 rings (SSSR count). The molecule has 0 aromatic heterocycles. The summed E-state index contributed by atoms with van der Waals surface area (Å²) in [5.74, 6) is 0. The Labute approximate surface area is 177 Å². The quantitative estimate of drug-likeness (QED) is 0.335. The van der Waals surface area contributed by atoms with Gasteiger partial charge in [-0.25, -0.2) is 0 Å². The van der Waals surface area contributed by atoms with Crippen LogP contribution in [-0.4, -0.2) is 69.4 Å². The molecule has 0 saturated heterocycles. The highest BCUT2D eigenvalue weighted by molar-refractivity contribution is 6.83. The first-order chi connectivity index (χ1) is 12.2. The van der Waals surface area contributed by atoms with Crippen LogP contribution in [0.3, 0.4) is 0 Å². The van der Waals surface area contributed by atoms with E-state index in [4.69, 9.17) is 29.1 Å². The second-order valence-corrected chi connectivity index (χ2v) is 26.4. The maximum atomic E-state index is 6.61. The Morgan fingerprint density at radius 2 is 0.741 bits per heavy atom. The standard InChI is InChI=1S/C13H42O7Si7/c1-13(2)14-26(15-21(3)4,16-22(5)6)20-27(17-23(7)8,18-24(9)10)19-25(11)12/h13,21-25H,1-12H3. The van der Waals surface area contributed by atoms with Gasteiger partial charge in [0.05, 0.1) is 0 Å². The number of hydrogen-bond acceptors (Lipinski definition) is 7. The first-order valence-corrected chi connectivity index (χ1v) is 27.1. The van der Waals surface area contributed by atoms with Crippen LogP contribution in [0.15, 0.2) is 0 Å². The van der Waals surface area contributed by atoms with E-state index in [0.29, 0.717) is 0 Å². The molecule has 0 amide bonds. The summed E-state index contributed by atoms with van der Waals surface area (Å²) in [5, 5.41) is 0. The smallest absolute Gasteiger partial charge is 0.399 e. The predicted octanol–water partition coefficient (Wildman–Crippen LogP) is 2.30. The lowest BCUT2D eigenvalue weighted by atomic mass is 10.5. The van der Waals surface area contributed by atoms with Crippen LogP contribution in [-0.2, 0) is 29.1 Å². The van der Waals surface area contributed by atoms with Gasteiger partial charge in [0, 0.05) is 6.10 Å². The zero-order valence-corrected chi connectivity index (χ0v) is 27.1. The monoisotopic (exact) mass is 506 g/mol. The summed E-state index contributed by atoms with van der Waals surface area (Å²) >= 11 is 0. The molecule has 0 saturated carbocycles. The molecule has 0 aliphatic heterocycles. The average molecular weight is 507 g/mol. The van der Waals surface area contributed by atoms with E-state index in [2.05, 4.69) is 65.5 Å². The lowest BCUT2D eigenvalue weighted by molar-refractivity contribution is 0.0209. The van der Waals surface area contributed by atoms with Crippen molar-refractivity contribution in [3.05, 3.63) is 0 Å². The third-order valence-corrected chi connectivity index (χ3v) is 20.5. The van der Waals surface area contributed by atoms with E-state index in [1.54, 1.807) is 0 Å². The molecule has 0 atom stereocenters. The van der Waals surface area contributed by atoms with Crippen LogP contribution in [0, 0.1) is 0 Å². The van der Waals surface area contributed by atoms with E-state index in [1.165, 1.54) is 0 Å². The van der Waals surface area contributed by atoms with E-state index < -0.39 is 63.3 Å². The molecule has 0 aromatic carbocycles. The first kappa shape index (κ1) is 28.2. The van der Waals surface area contributed by atoms with Gasteiger partial charge in [0.1, 0.15) is 0 Å². The molecule has 0 spiro atoms. The zero-order valence-electron chi connectivity index (χ0n) is 19.3. The molecule has 27 heavy (non-hydrogen) atoms. The van der Waals surface area contributed by atoms with Gasteiger partial charge in [-0.2, -0.15) is 0 Å². The third kappa shape index (κ3) is 12.5. The highest BCUT2D eigenvalue weighted by atomic mass is 28.6. The van der Waals surface area contributed by atoms with Crippen LogP contribution < -0.4 is 0 Å². The minimum absolute atomic E-state index is 0.0900. The van der Waals surface area contributed by atoms with Crippen molar-refractivity contribution >= 4 is 63.3 Å². The molecule has 0 aliphatic rings. The van der Waals surface area contributed by atoms with Crippen LogP contribution in [0.5, 0.6) is 0 Å². The highest BCUT2D eigenvalue weighted by Gasteiger charge is 2.60. The van der Waals surface area contributed by atoms with Crippen molar-refractivity contribution in [3.63, 3.8) is 0 Å². The lowest BCUT2D eigenvalue weighted by Gasteiger charge is -2.41. The molecule has 0 bridgehead atoms. The summed E-state index contributed by atoms with van der Waals surface area (Å²) in [4.78, 5) is 0. The summed E-state index contributed by atoms with van der Waals surface area (Å²) in [7, 11) is -14.4. The fraction of sp³-hybridized carbons (Fsp3) is 1.00. The van der Waals surface area contributed by atoms with Gasteiger partial charge in [-0.05, 0) is 79.3 Å².